The molecule has 1 unspecified atom stereocenters. The molecule has 0 spiro atoms. The summed E-state index contributed by atoms with van der Waals surface area (Å²) in [6, 6.07) is 5.81. The summed E-state index contributed by atoms with van der Waals surface area (Å²) in [7, 11) is 0. The third-order valence-electron chi connectivity index (χ3n) is 3.17. The Bertz CT molecular complexity index is 775. The van der Waals surface area contributed by atoms with Crippen molar-refractivity contribution < 1.29 is 16.2 Å². The normalized spacial score (nSPS) is 20.1. The molecule has 1 aliphatic rings. The van der Waals surface area contributed by atoms with E-state index in [-0.39, 0.29) is 0 Å². The van der Waals surface area contributed by atoms with Crippen LogP contribution in [0.25, 0.3) is 5.70 Å². The number of hydrogen-bond donors (Lipinski definition) is 0. The maximum absolute atomic E-state index is 4.38. The van der Waals surface area contributed by atoms with Gasteiger partial charge in [-0.2, -0.15) is 0 Å². The van der Waals surface area contributed by atoms with Gasteiger partial charge in [-0.25, -0.2) is 0 Å². The summed E-state index contributed by atoms with van der Waals surface area (Å²) in [5.41, 5.74) is 2.21. The number of aromatic nitrogens is 3. The van der Waals surface area contributed by atoms with Crippen LogP contribution in [0.5, 0.6) is 0 Å². The number of rotatable bonds is 1. The number of hydrogen-bond acceptors (Lipinski definition) is 4. The van der Waals surface area contributed by atoms with Crippen molar-refractivity contribution in [1.82, 2.24) is 18.9 Å². The quantitative estimate of drug-likeness (QED) is 0.596. The molecule has 5 heteroatoms. The average Bonchev–Trinajstić information content (AvgIpc) is 2.57. The van der Waals surface area contributed by atoms with Gasteiger partial charge in [0.2, 0.25) is 0 Å². The van der Waals surface area contributed by atoms with Crippen LogP contribution in [0.1, 0.15) is 18.2 Å². The molecule has 0 aromatic carbocycles. The maximum atomic E-state index is 4.38. The van der Waals surface area contributed by atoms with Crippen LogP contribution in [0.15, 0.2) is 61.5 Å². The van der Waals surface area contributed by atoms with Crippen LogP contribution in [0.4, 0.5) is 0 Å². The molecule has 0 radical (unpaired) electrons. The second-order valence-corrected chi connectivity index (χ2v) is 5.55. The molecule has 0 N–H and O–H groups in total. The fourth-order valence-corrected chi connectivity index (χ4v) is 2.31. The summed E-state index contributed by atoms with van der Waals surface area (Å²) >= 11 is 4.01. The molecule has 0 amide bonds. The summed E-state index contributed by atoms with van der Waals surface area (Å²) in [4.78, 5) is 12.3. The first-order valence-corrected chi connectivity index (χ1v) is 7.21. The predicted octanol–water partition coefficient (Wildman–Crippen LogP) is 2.56. The van der Waals surface area contributed by atoms with E-state index in [4.69, 9.17) is 0 Å². The molecule has 0 fully saturated rings. The Kier molecular flexibility index (Phi) is 4.06. The topological polar surface area (TPSA) is 41.9 Å². The molecular formula is C17H13FeN4. The average molecular weight is 329 g/mol. The Balaban J connectivity index is 1.95. The third-order valence-corrected chi connectivity index (χ3v) is 3.60. The van der Waals surface area contributed by atoms with Gasteiger partial charge in [0.1, 0.15) is 0 Å². The molecule has 0 saturated heterocycles. The third kappa shape index (κ3) is 3.25. The van der Waals surface area contributed by atoms with Crippen LogP contribution in [0.2, 0.25) is 0 Å². The first-order chi connectivity index (χ1) is 10.7. The zero-order chi connectivity index (χ0) is 15.4. The van der Waals surface area contributed by atoms with Gasteiger partial charge in [0.15, 0.2) is 0 Å². The van der Waals surface area contributed by atoms with E-state index < -0.39 is 5.41 Å². The van der Waals surface area contributed by atoms with Gasteiger partial charge in [-0.15, -0.1) is 0 Å². The molecule has 2 aromatic heterocycles. The monoisotopic (exact) mass is 329 g/mol. The van der Waals surface area contributed by atoms with Crippen LogP contribution < -0.4 is 0 Å². The van der Waals surface area contributed by atoms with Crippen LogP contribution in [0, 0.1) is 17.3 Å². The summed E-state index contributed by atoms with van der Waals surface area (Å²) in [5.74, 6) is 6.37. The van der Waals surface area contributed by atoms with Crippen LogP contribution in [0.3, 0.4) is 0 Å². The van der Waals surface area contributed by atoms with Crippen molar-refractivity contribution >= 4 is 5.70 Å². The van der Waals surface area contributed by atoms with Crippen molar-refractivity contribution in [3.63, 3.8) is 0 Å². The molecule has 109 valence electrons. The van der Waals surface area contributed by atoms with E-state index in [1.165, 1.54) is 6.33 Å². The van der Waals surface area contributed by atoms with E-state index in [1.54, 1.807) is 22.5 Å². The van der Waals surface area contributed by atoms with E-state index in [0.717, 1.165) is 17.0 Å². The molecule has 0 saturated carbocycles. The molecule has 3 heterocycles. The van der Waals surface area contributed by atoms with E-state index >= 15 is 0 Å². The van der Waals surface area contributed by atoms with Gasteiger partial charge in [-0.05, 0) is 0 Å². The predicted molar refractivity (Wildman–Crippen MR) is 80.2 cm³/mol. The minimum absolute atomic E-state index is 0.392. The molecule has 0 aliphatic carbocycles. The Morgan fingerprint density at radius 2 is 2.05 bits per heavy atom. The van der Waals surface area contributed by atoms with Crippen LogP contribution >= 0.6 is 0 Å². The molecule has 2 aromatic rings. The van der Waals surface area contributed by atoms with Crippen molar-refractivity contribution in [3.05, 3.63) is 72.7 Å². The molecule has 1 atom stereocenters. The zero-order valence-corrected chi connectivity index (χ0v) is 13.0. The molecule has 3 rings (SSSR count). The van der Waals surface area contributed by atoms with Gasteiger partial charge in [-0.1, -0.05) is 0 Å². The Hall–Kier alpha value is -2.41. The fourth-order valence-electron chi connectivity index (χ4n) is 2.03. The van der Waals surface area contributed by atoms with E-state index in [9.17, 15) is 0 Å². The van der Waals surface area contributed by atoms with Gasteiger partial charge >= 0.3 is 138 Å². The summed E-state index contributed by atoms with van der Waals surface area (Å²) in [5, 5.41) is 0. The van der Waals surface area contributed by atoms with Gasteiger partial charge < -0.3 is 0 Å². The molecule has 0 bridgehead atoms. The van der Waals surface area contributed by atoms with E-state index in [0.29, 0.717) is 0 Å². The van der Waals surface area contributed by atoms with Crippen LogP contribution in [-0.4, -0.2) is 18.9 Å². The Labute approximate surface area is 138 Å². The van der Waals surface area contributed by atoms with Gasteiger partial charge in [0.25, 0.3) is 0 Å². The SMILES string of the molecule is CC1(C#Cc2cncnc2)C=C[N]([Fe])C(c2ccccn2)=C1. The van der Waals surface area contributed by atoms with Crippen molar-refractivity contribution in [2.24, 2.45) is 5.41 Å². The Morgan fingerprint density at radius 1 is 1.23 bits per heavy atom. The zero-order valence-electron chi connectivity index (χ0n) is 11.9. The number of pyridine rings is 1. The number of nitrogens with zero attached hydrogens (tertiary/aromatic N) is 4. The molecule has 22 heavy (non-hydrogen) atoms. The fraction of sp³-hybridized carbons (Fsp3) is 0.118. The summed E-state index contributed by atoms with van der Waals surface area (Å²) in [6.45, 7) is 2.05. The molecule has 4 nitrogen and oxygen atoms in total. The van der Waals surface area contributed by atoms with Crippen molar-refractivity contribution in [1.29, 1.82) is 0 Å². The van der Waals surface area contributed by atoms with Crippen molar-refractivity contribution in [2.45, 2.75) is 6.92 Å². The Morgan fingerprint density at radius 3 is 2.77 bits per heavy atom. The van der Waals surface area contributed by atoms with E-state index in [1.807, 2.05) is 30.5 Å². The standard InChI is InChI=1S/C17H13N4.Fe/c1-17(6-5-14-11-18-13-19-12-14)7-9-21-16(10-17)15-4-2-3-8-20-15;/h2-4,7-13H,1H3;/q-1;+1. The first-order valence-electron chi connectivity index (χ1n) is 6.72. The minimum atomic E-state index is -0.392. The number of allylic oxidation sites excluding steroid dienone is 2. The summed E-state index contributed by atoms with van der Waals surface area (Å²) in [6.07, 6.45) is 12.7. The van der Waals surface area contributed by atoms with Gasteiger partial charge in [0.05, 0.1) is 0 Å². The second-order valence-electron chi connectivity index (χ2n) is 5.02. The van der Waals surface area contributed by atoms with Crippen molar-refractivity contribution in [3.8, 4) is 11.8 Å². The van der Waals surface area contributed by atoms with Crippen molar-refractivity contribution in [2.75, 3.05) is 0 Å². The first kappa shape index (κ1) is 14.5. The molecule has 1 aliphatic heterocycles. The van der Waals surface area contributed by atoms with E-state index in [2.05, 4.69) is 56.0 Å². The van der Waals surface area contributed by atoms with Gasteiger partial charge in [-0.3, -0.25) is 0 Å². The second kappa shape index (κ2) is 6.15. The molecular weight excluding hydrogens is 316 g/mol. The van der Waals surface area contributed by atoms with Gasteiger partial charge in [0, 0.05) is 0 Å². The van der Waals surface area contributed by atoms with Crippen LogP contribution in [-0.2, 0) is 16.2 Å². The summed E-state index contributed by atoms with van der Waals surface area (Å²) < 4.78 is 1.80.